The molecular weight excluding hydrogens is 238 g/mol. The first-order valence-corrected chi connectivity index (χ1v) is 6.07. The molecule has 1 rings (SSSR count). The lowest BCUT2D eigenvalue weighted by Crippen LogP contribution is -2.49. The molecule has 0 amide bonds. The summed E-state index contributed by atoms with van der Waals surface area (Å²) in [6.07, 6.45) is 0.0856. The van der Waals surface area contributed by atoms with Crippen LogP contribution in [0.15, 0.2) is 5.16 Å². The van der Waals surface area contributed by atoms with E-state index in [2.05, 4.69) is 5.16 Å². The molecule has 102 valence electrons. The molecular formula is C12H19NO5. The van der Waals surface area contributed by atoms with Crippen molar-refractivity contribution in [2.45, 2.75) is 39.7 Å². The van der Waals surface area contributed by atoms with Crippen LogP contribution in [0.25, 0.3) is 0 Å². The quantitative estimate of drug-likeness (QED) is 0.548. The van der Waals surface area contributed by atoms with E-state index >= 15 is 0 Å². The number of ether oxygens (including phenoxy) is 2. The normalized spacial score (nSPS) is 17.1. The Morgan fingerprint density at radius 2 is 1.78 bits per heavy atom. The van der Waals surface area contributed by atoms with Gasteiger partial charge in [-0.1, -0.05) is 19.0 Å². The number of rotatable bonds is 5. The summed E-state index contributed by atoms with van der Waals surface area (Å²) >= 11 is 0. The minimum atomic E-state index is -1.76. The molecule has 0 spiro atoms. The van der Waals surface area contributed by atoms with E-state index in [0.717, 1.165) is 0 Å². The van der Waals surface area contributed by atoms with Gasteiger partial charge in [-0.3, -0.25) is 0 Å². The van der Waals surface area contributed by atoms with Gasteiger partial charge < -0.3 is 14.3 Å². The van der Waals surface area contributed by atoms with Gasteiger partial charge in [0.15, 0.2) is 0 Å². The monoisotopic (exact) mass is 257 g/mol. The van der Waals surface area contributed by atoms with Crippen LogP contribution in [0.4, 0.5) is 0 Å². The molecule has 0 unspecified atom stereocenters. The summed E-state index contributed by atoms with van der Waals surface area (Å²) in [6.45, 7) is 7.48. The molecule has 0 saturated carbocycles. The molecule has 18 heavy (non-hydrogen) atoms. The predicted octanol–water partition coefficient (Wildman–Crippen LogP) is 1.28. The Morgan fingerprint density at radius 1 is 1.28 bits per heavy atom. The molecule has 0 bridgehead atoms. The maximum absolute atomic E-state index is 11.9. The van der Waals surface area contributed by atoms with E-state index in [-0.39, 0.29) is 25.6 Å². The third-order valence-electron chi connectivity index (χ3n) is 2.63. The number of esters is 2. The summed E-state index contributed by atoms with van der Waals surface area (Å²) in [5.74, 6) is -1.40. The lowest BCUT2D eigenvalue weighted by Gasteiger charge is -2.21. The highest BCUT2D eigenvalue weighted by Crippen LogP contribution is 2.29. The highest BCUT2D eigenvalue weighted by Gasteiger charge is 2.56. The summed E-state index contributed by atoms with van der Waals surface area (Å²) in [4.78, 5) is 28.9. The smallest absolute Gasteiger partial charge is 0.365 e. The average Bonchev–Trinajstić information content (AvgIpc) is 2.76. The van der Waals surface area contributed by atoms with E-state index in [1.165, 1.54) is 0 Å². The molecule has 1 aliphatic heterocycles. The van der Waals surface area contributed by atoms with Gasteiger partial charge in [0.1, 0.15) is 0 Å². The van der Waals surface area contributed by atoms with E-state index in [4.69, 9.17) is 14.3 Å². The molecule has 1 aliphatic rings. The Hall–Kier alpha value is -1.59. The topological polar surface area (TPSA) is 74.2 Å². The third-order valence-corrected chi connectivity index (χ3v) is 2.63. The van der Waals surface area contributed by atoms with Crippen molar-refractivity contribution < 1.29 is 23.9 Å². The predicted molar refractivity (Wildman–Crippen MR) is 64.0 cm³/mol. The van der Waals surface area contributed by atoms with Crippen LogP contribution in [0.2, 0.25) is 0 Å². The van der Waals surface area contributed by atoms with Crippen molar-refractivity contribution in [3.05, 3.63) is 0 Å². The van der Waals surface area contributed by atoms with Gasteiger partial charge in [-0.2, -0.15) is 0 Å². The van der Waals surface area contributed by atoms with E-state index in [1.54, 1.807) is 13.8 Å². The highest BCUT2D eigenvalue weighted by atomic mass is 16.7. The summed E-state index contributed by atoms with van der Waals surface area (Å²) in [7, 11) is 0. The molecule has 0 radical (unpaired) electrons. The zero-order valence-electron chi connectivity index (χ0n) is 11.2. The van der Waals surface area contributed by atoms with Crippen LogP contribution in [-0.2, 0) is 23.9 Å². The minimum absolute atomic E-state index is 0.0856. The molecule has 0 fully saturated rings. The van der Waals surface area contributed by atoms with E-state index in [9.17, 15) is 9.59 Å². The molecule has 0 atom stereocenters. The summed E-state index contributed by atoms with van der Waals surface area (Å²) in [6, 6.07) is 0. The van der Waals surface area contributed by atoms with Crippen LogP contribution < -0.4 is 0 Å². The summed E-state index contributed by atoms with van der Waals surface area (Å²) in [5.41, 5.74) is -1.11. The van der Waals surface area contributed by atoms with E-state index in [0.29, 0.717) is 5.71 Å². The van der Waals surface area contributed by atoms with Gasteiger partial charge in [-0.25, -0.2) is 9.59 Å². The molecule has 0 aromatic carbocycles. The van der Waals surface area contributed by atoms with Crippen LogP contribution >= 0.6 is 0 Å². The molecule has 6 heteroatoms. The van der Waals surface area contributed by atoms with Crippen molar-refractivity contribution in [1.29, 1.82) is 0 Å². The Labute approximate surface area is 106 Å². The second-order valence-electron chi connectivity index (χ2n) is 4.27. The van der Waals surface area contributed by atoms with E-state index < -0.39 is 17.5 Å². The van der Waals surface area contributed by atoms with Gasteiger partial charge in [0.25, 0.3) is 0 Å². The zero-order valence-corrected chi connectivity index (χ0v) is 11.2. The molecule has 1 heterocycles. The van der Waals surface area contributed by atoms with Crippen LogP contribution in [0, 0.1) is 5.92 Å². The standard InChI is InChI=1S/C12H19NO5/c1-5-16-10(14)12(11(15)17-6-2)7-9(8(3)4)13-18-12/h8H,5-7H2,1-4H3. The fraction of sp³-hybridized carbons (Fsp3) is 0.750. The maximum Gasteiger partial charge on any atom is 0.365 e. The van der Waals surface area contributed by atoms with Gasteiger partial charge in [-0.05, 0) is 19.8 Å². The first-order chi connectivity index (χ1) is 8.47. The van der Waals surface area contributed by atoms with Crippen molar-refractivity contribution in [3.8, 4) is 0 Å². The highest BCUT2D eigenvalue weighted by molar-refractivity contribution is 6.09. The lowest BCUT2D eigenvalue weighted by molar-refractivity contribution is -0.187. The van der Waals surface area contributed by atoms with Crippen molar-refractivity contribution >= 4 is 17.7 Å². The SMILES string of the molecule is CCOC(=O)C1(C(=O)OCC)CC(C(C)C)=NO1. The number of oxime groups is 1. The number of hydrogen-bond donors (Lipinski definition) is 0. The summed E-state index contributed by atoms with van der Waals surface area (Å²) in [5, 5.41) is 3.81. The van der Waals surface area contributed by atoms with Gasteiger partial charge in [0, 0.05) is 0 Å². The average molecular weight is 257 g/mol. The first kappa shape index (κ1) is 14.5. The van der Waals surface area contributed by atoms with Gasteiger partial charge in [-0.15, -0.1) is 0 Å². The Bertz CT molecular complexity index is 343. The number of nitrogens with zero attached hydrogens (tertiary/aromatic N) is 1. The zero-order chi connectivity index (χ0) is 13.8. The molecule has 6 nitrogen and oxygen atoms in total. The Kier molecular flexibility index (Phi) is 4.69. The molecule has 0 aromatic rings. The molecule has 0 saturated heterocycles. The Morgan fingerprint density at radius 3 is 2.11 bits per heavy atom. The second-order valence-corrected chi connectivity index (χ2v) is 4.27. The molecule has 0 aromatic heterocycles. The van der Waals surface area contributed by atoms with Crippen LogP contribution in [-0.4, -0.2) is 36.5 Å². The first-order valence-electron chi connectivity index (χ1n) is 6.07. The van der Waals surface area contributed by atoms with Crippen molar-refractivity contribution in [2.75, 3.05) is 13.2 Å². The molecule has 0 N–H and O–H groups in total. The lowest BCUT2D eigenvalue weighted by atomic mass is 9.92. The fourth-order valence-electron chi connectivity index (χ4n) is 1.56. The molecule has 0 aliphatic carbocycles. The number of hydrogen-bond acceptors (Lipinski definition) is 6. The van der Waals surface area contributed by atoms with Crippen LogP contribution in [0.5, 0.6) is 0 Å². The third kappa shape index (κ3) is 2.63. The minimum Gasteiger partial charge on any atom is -0.462 e. The van der Waals surface area contributed by atoms with Crippen LogP contribution in [0.1, 0.15) is 34.1 Å². The van der Waals surface area contributed by atoms with Gasteiger partial charge >= 0.3 is 17.5 Å². The maximum atomic E-state index is 11.9. The second kappa shape index (κ2) is 5.84. The number of carbonyl (C=O) groups is 2. The van der Waals surface area contributed by atoms with E-state index in [1.807, 2.05) is 13.8 Å². The summed E-state index contributed by atoms with van der Waals surface area (Å²) < 4.78 is 9.77. The Balaban J connectivity index is 2.92. The largest absolute Gasteiger partial charge is 0.462 e. The number of carbonyl (C=O) groups excluding carboxylic acids is 2. The fourth-order valence-corrected chi connectivity index (χ4v) is 1.56. The van der Waals surface area contributed by atoms with Gasteiger partial charge in [0.05, 0.1) is 25.3 Å². The van der Waals surface area contributed by atoms with Crippen LogP contribution in [0.3, 0.4) is 0 Å². The van der Waals surface area contributed by atoms with Crippen molar-refractivity contribution in [2.24, 2.45) is 11.1 Å². The van der Waals surface area contributed by atoms with Gasteiger partial charge in [0.2, 0.25) is 0 Å². The van der Waals surface area contributed by atoms with Crippen molar-refractivity contribution in [3.63, 3.8) is 0 Å². The van der Waals surface area contributed by atoms with Crippen molar-refractivity contribution in [1.82, 2.24) is 0 Å².